The predicted molar refractivity (Wildman–Crippen MR) is 80.7 cm³/mol. The van der Waals surface area contributed by atoms with Crippen molar-refractivity contribution in [3.05, 3.63) is 24.0 Å². The van der Waals surface area contributed by atoms with Crippen molar-refractivity contribution in [3.63, 3.8) is 0 Å². The van der Waals surface area contributed by atoms with E-state index in [1.165, 1.54) is 25.3 Å². The van der Waals surface area contributed by atoms with Gasteiger partial charge < -0.3 is 15.8 Å². The lowest BCUT2D eigenvalue weighted by molar-refractivity contribution is -0.127. The Labute approximate surface area is 124 Å². The molecule has 5 heteroatoms. The van der Waals surface area contributed by atoms with Crippen LogP contribution in [0.25, 0.3) is 0 Å². The number of hydrogen-bond donors (Lipinski definition) is 2. The highest BCUT2D eigenvalue weighted by atomic mass is 19.1. The van der Waals surface area contributed by atoms with E-state index in [-0.39, 0.29) is 18.1 Å². The Hall–Kier alpha value is -1.62. The first kappa shape index (κ1) is 15.8. The van der Waals surface area contributed by atoms with E-state index in [9.17, 15) is 9.18 Å². The number of hydrogen-bond acceptors (Lipinski definition) is 3. The summed E-state index contributed by atoms with van der Waals surface area (Å²) in [5.41, 5.74) is 5.42. The zero-order valence-electron chi connectivity index (χ0n) is 12.6. The lowest BCUT2D eigenvalue weighted by atomic mass is 9.70. The molecule has 1 aliphatic rings. The normalized spacial score (nSPS) is 25.4. The van der Waals surface area contributed by atoms with Crippen molar-refractivity contribution in [2.24, 2.45) is 17.1 Å². The summed E-state index contributed by atoms with van der Waals surface area (Å²) in [6, 6.07) is 4.29. The number of benzene rings is 1. The van der Waals surface area contributed by atoms with E-state index in [1.807, 2.05) is 0 Å². The smallest absolute Gasteiger partial charge is 0.231 e. The van der Waals surface area contributed by atoms with Crippen LogP contribution in [0.3, 0.4) is 0 Å². The standard InChI is InChI=1S/C16H23FN2O2/c1-11-5-7-16(10-18,8-6-11)15(20)19-14-9-12(21-2)3-4-13(14)17/h3-4,9,11H,5-8,10,18H2,1-2H3,(H,19,20). The number of amides is 1. The zero-order chi connectivity index (χ0) is 15.5. The van der Waals surface area contributed by atoms with Gasteiger partial charge in [-0.25, -0.2) is 4.39 Å². The maximum Gasteiger partial charge on any atom is 0.231 e. The zero-order valence-corrected chi connectivity index (χ0v) is 12.6. The molecule has 21 heavy (non-hydrogen) atoms. The number of carbonyl (C=O) groups excluding carboxylic acids is 1. The molecule has 0 heterocycles. The molecule has 1 fully saturated rings. The molecule has 4 nitrogen and oxygen atoms in total. The molecule has 116 valence electrons. The third kappa shape index (κ3) is 3.35. The molecule has 1 aromatic carbocycles. The SMILES string of the molecule is COc1ccc(F)c(NC(=O)C2(CN)CCC(C)CC2)c1. The molecule has 1 aliphatic carbocycles. The molecular formula is C16H23FN2O2. The van der Waals surface area contributed by atoms with Gasteiger partial charge in [0.25, 0.3) is 0 Å². The number of methoxy groups -OCH3 is 1. The summed E-state index contributed by atoms with van der Waals surface area (Å²) < 4.78 is 18.9. The summed E-state index contributed by atoms with van der Waals surface area (Å²) in [5.74, 6) is 0.460. The van der Waals surface area contributed by atoms with E-state index in [4.69, 9.17) is 10.5 Å². The van der Waals surface area contributed by atoms with Crippen LogP contribution in [0.2, 0.25) is 0 Å². The van der Waals surface area contributed by atoms with E-state index in [0.29, 0.717) is 11.7 Å². The summed E-state index contributed by atoms with van der Waals surface area (Å²) in [6.45, 7) is 2.47. The lowest BCUT2D eigenvalue weighted by Gasteiger charge is -2.37. The van der Waals surface area contributed by atoms with Gasteiger partial charge in [0.1, 0.15) is 11.6 Å². The summed E-state index contributed by atoms with van der Waals surface area (Å²) in [5, 5.41) is 2.69. The van der Waals surface area contributed by atoms with Gasteiger partial charge in [0.2, 0.25) is 5.91 Å². The number of anilines is 1. The quantitative estimate of drug-likeness (QED) is 0.897. The van der Waals surface area contributed by atoms with Crippen LogP contribution in [0.5, 0.6) is 5.75 Å². The van der Waals surface area contributed by atoms with Crippen molar-refractivity contribution < 1.29 is 13.9 Å². The molecule has 2 rings (SSSR count). The minimum Gasteiger partial charge on any atom is -0.497 e. The van der Waals surface area contributed by atoms with Crippen molar-refractivity contribution in [1.82, 2.24) is 0 Å². The van der Waals surface area contributed by atoms with Gasteiger partial charge >= 0.3 is 0 Å². The van der Waals surface area contributed by atoms with Crippen molar-refractivity contribution >= 4 is 11.6 Å². The predicted octanol–water partition coefficient (Wildman–Crippen LogP) is 2.93. The molecular weight excluding hydrogens is 271 g/mol. The van der Waals surface area contributed by atoms with Crippen LogP contribution in [0.15, 0.2) is 18.2 Å². The summed E-state index contributed by atoms with van der Waals surface area (Å²) in [4.78, 5) is 12.6. The molecule has 0 atom stereocenters. The minimum absolute atomic E-state index is 0.144. The summed E-state index contributed by atoms with van der Waals surface area (Å²) in [6.07, 6.45) is 3.46. The fourth-order valence-electron chi connectivity index (χ4n) is 2.82. The van der Waals surface area contributed by atoms with Gasteiger partial charge in [-0.15, -0.1) is 0 Å². The molecule has 1 amide bonds. The third-order valence-electron chi connectivity index (χ3n) is 4.53. The van der Waals surface area contributed by atoms with E-state index in [0.717, 1.165) is 25.7 Å². The Balaban J connectivity index is 2.16. The van der Waals surface area contributed by atoms with Crippen LogP contribution in [0, 0.1) is 17.2 Å². The van der Waals surface area contributed by atoms with Crippen molar-refractivity contribution in [2.75, 3.05) is 19.0 Å². The molecule has 0 aliphatic heterocycles. The Kier molecular flexibility index (Phi) is 4.83. The number of carbonyl (C=O) groups is 1. The van der Waals surface area contributed by atoms with Crippen LogP contribution in [0.4, 0.5) is 10.1 Å². The molecule has 3 N–H and O–H groups in total. The number of rotatable bonds is 4. The van der Waals surface area contributed by atoms with Crippen LogP contribution in [-0.2, 0) is 4.79 Å². The summed E-state index contributed by atoms with van der Waals surface area (Å²) >= 11 is 0. The van der Waals surface area contributed by atoms with Crippen molar-refractivity contribution in [1.29, 1.82) is 0 Å². The van der Waals surface area contributed by atoms with E-state index < -0.39 is 11.2 Å². The molecule has 0 unspecified atom stereocenters. The van der Waals surface area contributed by atoms with E-state index in [1.54, 1.807) is 0 Å². The molecule has 0 saturated heterocycles. The van der Waals surface area contributed by atoms with Crippen LogP contribution in [0.1, 0.15) is 32.6 Å². The Bertz CT molecular complexity index is 511. The first-order valence-electron chi connectivity index (χ1n) is 7.36. The molecule has 1 saturated carbocycles. The number of nitrogens with one attached hydrogen (secondary N) is 1. The van der Waals surface area contributed by atoms with E-state index in [2.05, 4.69) is 12.2 Å². The second-order valence-electron chi connectivity index (χ2n) is 5.97. The minimum atomic E-state index is -0.581. The Morgan fingerprint density at radius 3 is 2.71 bits per heavy atom. The van der Waals surface area contributed by atoms with Crippen LogP contribution in [-0.4, -0.2) is 19.6 Å². The van der Waals surface area contributed by atoms with Gasteiger partial charge in [-0.3, -0.25) is 4.79 Å². The molecule has 0 radical (unpaired) electrons. The van der Waals surface area contributed by atoms with Crippen molar-refractivity contribution in [3.8, 4) is 5.75 Å². The lowest BCUT2D eigenvalue weighted by Crippen LogP contribution is -2.45. The maximum absolute atomic E-state index is 13.8. The van der Waals surface area contributed by atoms with Gasteiger partial charge in [0.05, 0.1) is 18.2 Å². The fraction of sp³-hybridized carbons (Fsp3) is 0.562. The van der Waals surface area contributed by atoms with Crippen LogP contribution < -0.4 is 15.8 Å². The third-order valence-corrected chi connectivity index (χ3v) is 4.53. The van der Waals surface area contributed by atoms with Gasteiger partial charge in [-0.05, 0) is 43.7 Å². The van der Waals surface area contributed by atoms with Gasteiger partial charge in [-0.2, -0.15) is 0 Å². The number of halogens is 1. The second kappa shape index (κ2) is 6.43. The highest BCUT2D eigenvalue weighted by molar-refractivity contribution is 5.95. The van der Waals surface area contributed by atoms with Crippen molar-refractivity contribution in [2.45, 2.75) is 32.6 Å². The molecule has 0 bridgehead atoms. The monoisotopic (exact) mass is 294 g/mol. The average Bonchev–Trinajstić information content (AvgIpc) is 2.50. The average molecular weight is 294 g/mol. The highest BCUT2D eigenvalue weighted by Crippen LogP contribution is 2.39. The molecule has 1 aromatic rings. The number of ether oxygens (including phenoxy) is 1. The Morgan fingerprint density at radius 1 is 1.48 bits per heavy atom. The topological polar surface area (TPSA) is 64.3 Å². The highest BCUT2D eigenvalue weighted by Gasteiger charge is 2.40. The molecule has 0 aromatic heterocycles. The van der Waals surface area contributed by atoms with Gasteiger partial charge in [0, 0.05) is 12.6 Å². The first-order chi connectivity index (χ1) is 10.0. The second-order valence-corrected chi connectivity index (χ2v) is 5.97. The summed E-state index contributed by atoms with van der Waals surface area (Å²) in [7, 11) is 1.50. The van der Waals surface area contributed by atoms with Gasteiger partial charge in [-0.1, -0.05) is 6.92 Å². The number of nitrogens with two attached hydrogens (primary N) is 1. The fourth-order valence-corrected chi connectivity index (χ4v) is 2.82. The van der Waals surface area contributed by atoms with E-state index >= 15 is 0 Å². The first-order valence-corrected chi connectivity index (χ1v) is 7.36. The molecule has 0 spiro atoms. The largest absolute Gasteiger partial charge is 0.497 e. The van der Waals surface area contributed by atoms with Gasteiger partial charge in [0.15, 0.2) is 0 Å². The van der Waals surface area contributed by atoms with Crippen LogP contribution >= 0.6 is 0 Å². The Morgan fingerprint density at radius 2 is 2.14 bits per heavy atom. The maximum atomic E-state index is 13.8.